The maximum Gasteiger partial charge on any atom is 0.213 e. The second kappa shape index (κ2) is 6.33. The van der Waals surface area contributed by atoms with Gasteiger partial charge in [-0.3, -0.25) is 0 Å². The van der Waals surface area contributed by atoms with Crippen molar-refractivity contribution in [3.05, 3.63) is 0 Å². The molecule has 1 atom stereocenters. The predicted molar refractivity (Wildman–Crippen MR) is 70.8 cm³/mol. The third-order valence-corrected chi connectivity index (χ3v) is 4.98. The van der Waals surface area contributed by atoms with Crippen molar-refractivity contribution in [1.29, 1.82) is 0 Å². The van der Waals surface area contributed by atoms with E-state index in [1.165, 1.54) is 12.8 Å². The average molecular weight is 284 g/mol. The monoisotopic (exact) mass is 283 g/mol. The van der Waals surface area contributed by atoms with E-state index in [4.69, 9.17) is 5.14 Å². The molecule has 2 fully saturated rings. The van der Waals surface area contributed by atoms with Gasteiger partial charge < -0.3 is 10.2 Å². The van der Waals surface area contributed by atoms with Crippen molar-refractivity contribution in [3.8, 4) is 0 Å². The minimum Gasteiger partial charge on any atom is -0.317 e. The Kier molecular flexibility index (Phi) is 5.66. The average Bonchev–Trinajstić information content (AvgIpc) is 2.67. The van der Waals surface area contributed by atoms with E-state index in [0.29, 0.717) is 13.0 Å². The molecule has 0 amide bonds. The molecule has 0 spiro atoms. The zero-order chi connectivity index (χ0) is 11.6. The van der Waals surface area contributed by atoms with Crippen LogP contribution in [0.15, 0.2) is 0 Å². The molecule has 0 aliphatic carbocycles. The van der Waals surface area contributed by atoms with Gasteiger partial charge in [-0.05, 0) is 44.8 Å². The number of nitrogens with one attached hydrogen (secondary N) is 1. The Morgan fingerprint density at radius 3 is 2.41 bits per heavy atom. The Labute approximate surface area is 110 Å². The summed E-state index contributed by atoms with van der Waals surface area (Å²) in [7, 11) is -3.33. The highest BCUT2D eigenvalue weighted by atomic mass is 35.5. The molecular formula is C10H22ClN3O2S. The van der Waals surface area contributed by atoms with E-state index in [9.17, 15) is 8.42 Å². The number of rotatable bonds is 3. The maximum absolute atomic E-state index is 11.2. The van der Waals surface area contributed by atoms with Crippen molar-refractivity contribution >= 4 is 22.4 Å². The molecule has 0 aromatic heterocycles. The SMILES string of the molecule is Cl.NS(=O)(=O)C1CCN(CC2CCNCC2)C1. The zero-order valence-electron chi connectivity index (χ0n) is 9.97. The van der Waals surface area contributed by atoms with Crippen LogP contribution in [0.25, 0.3) is 0 Å². The number of hydrogen-bond acceptors (Lipinski definition) is 4. The van der Waals surface area contributed by atoms with Crippen molar-refractivity contribution in [2.45, 2.75) is 24.5 Å². The van der Waals surface area contributed by atoms with E-state index in [2.05, 4.69) is 10.2 Å². The van der Waals surface area contributed by atoms with Crippen molar-refractivity contribution < 1.29 is 8.42 Å². The van der Waals surface area contributed by atoms with E-state index in [1.807, 2.05) is 0 Å². The molecule has 0 aromatic carbocycles. The van der Waals surface area contributed by atoms with Gasteiger partial charge in [-0.1, -0.05) is 0 Å². The molecule has 2 aliphatic heterocycles. The summed E-state index contributed by atoms with van der Waals surface area (Å²) in [6, 6.07) is 0. The second-order valence-corrected chi connectivity index (χ2v) is 6.80. The van der Waals surface area contributed by atoms with Gasteiger partial charge in [0, 0.05) is 13.1 Å². The second-order valence-electron chi connectivity index (χ2n) is 4.95. The van der Waals surface area contributed by atoms with Crippen molar-refractivity contribution in [2.24, 2.45) is 11.1 Å². The smallest absolute Gasteiger partial charge is 0.213 e. The van der Waals surface area contributed by atoms with Crippen LogP contribution in [0.1, 0.15) is 19.3 Å². The molecule has 2 heterocycles. The first-order valence-electron chi connectivity index (χ1n) is 6.00. The third-order valence-electron chi connectivity index (χ3n) is 3.67. The predicted octanol–water partition coefficient (Wildman–Crippen LogP) is -0.229. The first-order chi connectivity index (χ1) is 7.55. The molecule has 0 saturated carbocycles. The number of nitrogens with zero attached hydrogens (tertiary/aromatic N) is 1. The molecule has 0 radical (unpaired) electrons. The lowest BCUT2D eigenvalue weighted by Gasteiger charge is -2.27. The van der Waals surface area contributed by atoms with Crippen LogP contribution in [0.3, 0.4) is 0 Å². The topological polar surface area (TPSA) is 75.4 Å². The lowest BCUT2D eigenvalue weighted by atomic mass is 9.98. The van der Waals surface area contributed by atoms with Crippen LogP contribution in [0.4, 0.5) is 0 Å². The van der Waals surface area contributed by atoms with E-state index >= 15 is 0 Å². The number of piperidine rings is 1. The largest absolute Gasteiger partial charge is 0.317 e. The Morgan fingerprint density at radius 1 is 1.24 bits per heavy atom. The number of hydrogen-bond donors (Lipinski definition) is 2. The lowest BCUT2D eigenvalue weighted by Crippen LogP contribution is -2.37. The van der Waals surface area contributed by atoms with Gasteiger partial charge in [-0.15, -0.1) is 12.4 Å². The summed E-state index contributed by atoms with van der Waals surface area (Å²) < 4.78 is 22.4. The molecule has 7 heteroatoms. The number of sulfonamides is 1. The molecule has 17 heavy (non-hydrogen) atoms. The number of nitrogens with two attached hydrogens (primary N) is 1. The van der Waals surface area contributed by atoms with Crippen LogP contribution < -0.4 is 10.5 Å². The molecule has 2 saturated heterocycles. The highest BCUT2D eigenvalue weighted by Crippen LogP contribution is 2.19. The summed E-state index contributed by atoms with van der Waals surface area (Å²) in [5.74, 6) is 0.723. The standard InChI is InChI=1S/C10H21N3O2S.ClH/c11-16(14,15)10-3-6-13(8-10)7-9-1-4-12-5-2-9;/h9-10,12H,1-8H2,(H2,11,14,15);1H. The Morgan fingerprint density at radius 2 is 1.88 bits per heavy atom. The van der Waals surface area contributed by atoms with Crippen molar-refractivity contribution in [1.82, 2.24) is 10.2 Å². The number of halogens is 1. The first kappa shape index (κ1) is 15.2. The fourth-order valence-electron chi connectivity index (χ4n) is 2.66. The number of likely N-dealkylation sites (tertiary alicyclic amines) is 1. The van der Waals surface area contributed by atoms with Gasteiger partial charge in [0.25, 0.3) is 0 Å². The summed E-state index contributed by atoms with van der Waals surface area (Å²) >= 11 is 0. The fourth-order valence-corrected chi connectivity index (χ4v) is 3.51. The van der Waals surface area contributed by atoms with Crippen molar-refractivity contribution in [3.63, 3.8) is 0 Å². The minimum atomic E-state index is -3.33. The molecule has 2 aliphatic rings. The summed E-state index contributed by atoms with van der Waals surface area (Å²) in [6.07, 6.45) is 3.11. The summed E-state index contributed by atoms with van der Waals surface area (Å²) in [5, 5.41) is 8.17. The Hall–Kier alpha value is 0.120. The van der Waals surface area contributed by atoms with Crippen LogP contribution in [-0.4, -0.2) is 51.3 Å². The van der Waals surface area contributed by atoms with Crippen LogP contribution in [0, 0.1) is 5.92 Å². The van der Waals surface area contributed by atoms with E-state index in [1.54, 1.807) is 0 Å². The van der Waals surface area contributed by atoms with Gasteiger partial charge in [0.05, 0.1) is 5.25 Å². The summed E-state index contributed by atoms with van der Waals surface area (Å²) in [5.41, 5.74) is 0. The Bertz CT molecular complexity index is 330. The normalized spacial score (nSPS) is 27.9. The summed E-state index contributed by atoms with van der Waals surface area (Å²) in [6.45, 7) is 4.73. The Balaban J connectivity index is 0.00000144. The fraction of sp³-hybridized carbons (Fsp3) is 1.00. The van der Waals surface area contributed by atoms with Crippen LogP contribution in [-0.2, 0) is 10.0 Å². The van der Waals surface area contributed by atoms with Crippen LogP contribution >= 0.6 is 12.4 Å². The van der Waals surface area contributed by atoms with Crippen molar-refractivity contribution in [2.75, 3.05) is 32.7 Å². The molecular weight excluding hydrogens is 262 g/mol. The highest BCUT2D eigenvalue weighted by Gasteiger charge is 2.31. The molecule has 0 bridgehead atoms. The zero-order valence-corrected chi connectivity index (χ0v) is 11.6. The minimum absolute atomic E-state index is 0. The van der Waals surface area contributed by atoms with Gasteiger partial charge in [0.1, 0.15) is 0 Å². The molecule has 102 valence electrons. The van der Waals surface area contributed by atoms with Gasteiger partial charge >= 0.3 is 0 Å². The molecule has 5 nitrogen and oxygen atoms in total. The van der Waals surface area contributed by atoms with Crippen LogP contribution in [0.5, 0.6) is 0 Å². The first-order valence-corrected chi connectivity index (χ1v) is 7.61. The summed E-state index contributed by atoms with van der Waals surface area (Å²) in [4.78, 5) is 2.26. The number of primary sulfonamides is 1. The molecule has 2 rings (SSSR count). The molecule has 0 aromatic rings. The quantitative estimate of drug-likeness (QED) is 0.750. The molecule has 3 N–H and O–H groups in total. The molecule has 1 unspecified atom stereocenters. The van der Waals surface area contributed by atoms with Gasteiger partial charge in [-0.2, -0.15) is 0 Å². The highest BCUT2D eigenvalue weighted by molar-refractivity contribution is 7.89. The lowest BCUT2D eigenvalue weighted by molar-refractivity contribution is 0.241. The van der Waals surface area contributed by atoms with E-state index in [0.717, 1.165) is 32.1 Å². The van der Waals surface area contributed by atoms with Gasteiger partial charge in [-0.25, -0.2) is 13.6 Å². The van der Waals surface area contributed by atoms with Crippen LogP contribution in [0.2, 0.25) is 0 Å². The third kappa shape index (κ3) is 4.37. The van der Waals surface area contributed by atoms with E-state index in [-0.39, 0.29) is 17.7 Å². The maximum atomic E-state index is 11.2. The van der Waals surface area contributed by atoms with Gasteiger partial charge in [0.2, 0.25) is 10.0 Å². The van der Waals surface area contributed by atoms with E-state index < -0.39 is 10.0 Å². The van der Waals surface area contributed by atoms with Gasteiger partial charge in [0.15, 0.2) is 0 Å².